The van der Waals surface area contributed by atoms with E-state index in [1.807, 2.05) is 0 Å². The maximum Gasteiger partial charge on any atom is 0.239 e. The number of benzene rings is 1. The number of halogens is 1. The Hall–Kier alpha value is -1.87. The molecule has 7 nitrogen and oxygen atoms in total. The van der Waals surface area contributed by atoms with E-state index in [0.29, 0.717) is 12.1 Å². The summed E-state index contributed by atoms with van der Waals surface area (Å²) in [5.74, 6) is -0.619. The number of amides is 1. The van der Waals surface area contributed by atoms with Crippen LogP contribution in [0.2, 0.25) is 0 Å². The van der Waals surface area contributed by atoms with Gasteiger partial charge in [-0.25, -0.2) is 12.8 Å². The van der Waals surface area contributed by atoms with Crippen molar-refractivity contribution in [1.82, 2.24) is 5.32 Å². The fraction of sp³-hybridized carbons (Fsp3) is 0.500. The molecule has 1 saturated heterocycles. The molecule has 1 aromatic rings. The zero-order chi connectivity index (χ0) is 16.9. The van der Waals surface area contributed by atoms with Crippen LogP contribution in [-0.4, -0.2) is 56.7 Å². The fourth-order valence-electron chi connectivity index (χ4n) is 2.28. The zero-order valence-electron chi connectivity index (χ0n) is 12.4. The number of rotatable bonds is 7. The lowest BCUT2D eigenvalue weighted by atomic mass is 10.2. The molecular formula is C14H19FN2O5S. The van der Waals surface area contributed by atoms with Gasteiger partial charge in [-0.15, -0.1) is 0 Å². The number of hydrogen-bond acceptors (Lipinski definition) is 6. The van der Waals surface area contributed by atoms with Crippen LogP contribution in [0, 0.1) is 5.82 Å². The van der Waals surface area contributed by atoms with E-state index in [-0.39, 0.29) is 49.0 Å². The van der Waals surface area contributed by atoms with Crippen LogP contribution < -0.4 is 15.4 Å². The van der Waals surface area contributed by atoms with E-state index in [1.54, 1.807) is 0 Å². The van der Waals surface area contributed by atoms with Crippen molar-refractivity contribution in [3.05, 3.63) is 24.0 Å². The normalized spacial score (nSPS) is 19.3. The molecule has 9 heteroatoms. The molecule has 23 heavy (non-hydrogen) atoms. The van der Waals surface area contributed by atoms with E-state index in [1.165, 1.54) is 12.1 Å². The molecule has 1 aliphatic heterocycles. The average molecular weight is 346 g/mol. The number of ether oxygens (including phenoxy) is 1. The number of anilines is 1. The first-order valence-corrected chi connectivity index (χ1v) is 8.98. The van der Waals surface area contributed by atoms with E-state index in [0.717, 1.165) is 6.07 Å². The summed E-state index contributed by atoms with van der Waals surface area (Å²) in [6.07, 6.45) is 0.412. The largest absolute Gasteiger partial charge is 0.489 e. The van der Waals surface area contributed by atoms with Crippen LogP contribution in [0.25, 0.3) is 0 Å². The van der Waals surface area contributed by atoms with Crippen LogP contribution in [0.15, 0.2) is 18.2 Å². The van der Waals surface area contributed by atoms with Crippen LogP contribution in [0.3, 0.4) is 0 Å². The molecule has 3 N–H and O–H groups in total. The Morgan fingerprint density at radius 2 is 2.22 bits per heavy atom. The van der Waals surface area contributed by atoms with Crippen LogP contribution in [0.5, 0.6) is 5.75 Å². The number of aliphatic hydroxyl groups is 1. The molecule has 2 rings (SSSR count). The lowest BCUT2D eigenvalue weighted by Gasteiger charge is -2.14. The van der Waals surface area contributed by atoms with E-state index < -0.39 is 15.7 Å². The van der Waals surface area contributed by atoms with Crippen molar-refractivity contribution in [3.63, 3.8) is 0 Å². The molecule has 1 heterocycles. The topological polar surface area (TPSA) is 105 Å². The molecule has 1 unspecified atom stereocenters. The Balaban J connectivity index is 1.88. The van der Waals surface area contributed by atoms with Gasteiger partial charge in [-0.2, -0.15) is 0 Å². The van der Waals surface area contributed by atoms with Crippen molar-refractivity contribution in [2.45, 2.75) is 12.5 Å². The summed E-state index contributed by atoms with van der Waals surface area (Å²) in [7, 11) is -3.05. The molecule has 1 aliphatic rings. The first-order chi connectivity index (χ1) is 10.9. The number of nitrogens with one attached hydrogen (secondary N) is 2. The van der Waals surface area contributed by atoms with Gasteiger partial charge in [0.05, 0.1) is 30.3 Å². The quantitative estimate of drug-likeness (QED) is 0.637. The van der Waals surface area contributed by atoms with Gasteiger partial charge in [0.2, 0.25) is 5.91 Å². The Kier molecular flexibility index (Phi) is 5.78. The zero-order valence-corrected chi connectivity index (χ0v) is 13.2. The summed E-state index contributed by atoms with van der Waals surface area (Å²) >= 11 is 0. The second kappa shape index (κ2) is 7.60. The minimum absolute atomic E-state index is 0.00423. The van der Waals surface area contributed by atoms with Gasteiger partial charge in [-0.05, 0) is 18.6 Å². The standard InChI is InChI=1S/C14H19FN2O5S/c15-10-1-2-12(13(7-10)22-5-4-18)16-8-14(19)17-11-3-6-23(20,21)9-11/h1-2,7,11,16,18H,3-6,8-9H2,(H,17,19). The number of aliphatic hydroxyl groups excluding tert-OH is 1. The molecule has 0 bridgehead atoms. The number of carbonyl (C=O) groups excluding carboxylic acids is 1. The number of sulfone groups is 1. The molecule has 0 aromatic heterocycles. The van der Waals surface area contributed by atoms with Crippen LogP contribution in [-0.2, 0) is 14.6 Å². The molecule has 0 spiro atoms. The SMILES string of the molecule is O=C(CNc1ccc(F)cc1OCCO)NC1CCS(=O)(=O)C1. The summed E-state index contributed by atoms with van der Waals surface area (Å²) in [6.45, 7) is -0.311. The second-order valence-electron chi connectivity index (χ2n) is 5.23. The minimum atomic E-state index is -3.05. The van der Waals surface area contributed by atoms with Gasteiger partial charge >= 0.3 is 0 Å². The average Bonchev–Trinajstić information content (AvgIpc) is 2.83. The van der Waals surface area contributed by atoms with Gasteiger partial charge in [-0.1, -0.05) is 0 Å². The molecule has 1 aromatic carbocycles. The predicted molar refractivity (Wildman–Crippen MR) is 82.7 cm³/mol. The lowest BCUT2D eigenvalue weighted by molar-refractivity contribution is -0.119. The van der Waals surface area contributed by atoms with E-state index in [4.69, 9.17) is 9.84 Å². The number of hydrogen-bond donors (Lipinski definition) is 3. The third-order valence-electron chi connectivity index (χ3n) is 3.33. The van der Waals surface area contributed by atoms with Crippen LogP contribution in [0.4, 0.5) is 10.1 Å². The first-order valence-electron chi connectivity index (χ1n) is 7.16. The van der Waals surface area contributed by atoms with E-state index >= 15 is 0 Å². The molecular weight excluding hydrogens is 327 g/mol. The van der Waals surface area contributed by atoms with Gasteiger partial charge in [0.15, 0.2) is 9.84 Å². The highest BCUT2D eigenvalue weighted by Crippen LogP contribution is 2.25. The Morgan fingerprint density at radius 1 is 1.43 bits per heavy atom. The highest BCUT2D eigenvalue weighted by Gasteiger charge is 2.28. The van der Waals surface area contributed by atoms with Crippen molar-refractivity contribution in [2.24, 2.45) is 0 Å². The maximum atomic E-state index is 13.2. The van der Waals surface area contributed by atoms with Crippen LogP contribution in [0.1, 0.15) is 6.42 Å². The van der Waals surface area contributed by atoms with Gasteiger partial charge < -0.3 is 20.5 Å². The summed E-state index contributed by atoms with van der Waals surface area (Å²) in [5.41, 5.74) is 0.411. The van der Waals surface area contributed by atoms with Crippen molar-refractivity contribution in [2.75, 3.05) is 36.6 Å². The van der Waals surface area contributed by atoms with Gasteiger partial charge in [0.1, 0.15) is 18.2 Å². The molecule has 1 amide bonds. The Bertz CT molecular complexity index is 665. The maximum absolute atomic E-state index is 13.2. The molecule has 128 valence electrons. The second-order valence-corrected chi connectivity index (χ2v) is 7.46. The van der Waals surface area contributed by atoms with E-state index in [9.17, 15) is 17.6 Å². The smallest absolute Gasteiger partial charge is 0.239 e. The van der Waals surface area contributed by atoms with Crippen molar-refractivity contribution in [1.29, 1.82) is 0 Å². The monoisotopic (exact) mass is 346 g/mol. The van der Waals surface area contributed by atoms with Gasteiger partial charge in [0.25, 0.3) is 0 Å². The number of carbonyl (C=O) groups is 1. The molecule has 0 aliphatic carbocycles. The summed E-state index contributed by atoms with van der Waals surface area (Å²) in [4.78, 5) is 11.9. The third-order valence-corrected chi connectivity index (χ3v) is 5.10. The minimum Gasteiger partial charge on any atom is -0.489 e. The fourth-order valence-corrected chi connectivity index (χ4v) is 3.95. The van der Waals surface area contributed by atoms with Crippen molar-refractivity contribution >= 4 is 21.4 Å². The Labute approximate surface area is 133 Å². The highest BCUT2D eigenvalue weighted by atomic mass is 32.2. The third kappa shape index (κ3) is 5.36. The molecule has 0 radical (unpaired) electrons. The van der Waals surface area contributed by atoms with E-state index in [2.05, 4.69) is 10.6 Å². The predicted octanol–water partition coefficient (Wildman–Crippen LogP) is -0.0880. The molecule has 1 atom stereocenters. The van der Waals surface area contributed by atoms with Gasteiger partial charge in [0, 0.05) is 12.1 Å². The molecule has 0 saturated carbocycles. The summed E-state index contributed by atoms with van der Waals surface area (Å²) in [5, 5.41) is 14.2. The Morgan fingerprint density at radius 3 is 2.87 bits per heavy atom. The lowest BCUT2D eigenvalue weighted by Crippen LogP contribution is -2.39. The van der Waals surface area contributed by atoms with Gasteiger partial charge in [-0.3, -0.25) is 4.79 Å². The summed E-state index contributed by atoms with van der Waals surface area (Å²) < 4.78 is 41.1. The molecule has 1 fully saturated rings. The van der Waals surface area contributed by atoms with Crippen molar-refractivity contribution in [3.8, 4) is 5.75 Å². The summed E-state index contributed by atoms with van der Waals surface area (Å²) in [6, 6.07) is 3.43. The highest BCUT2D eigenvalue weighted by molar-refractivity contribution is 7.91. The van der Waals surface area contributed by atoms with Crippen molar-refractivity contribution < 1.29 is 27.4 Å². The van der Waals surface area contributed by atoms with Crippen LogP contribution >= 0.6 is 0 Å². The first kappa shape index (κ1) is 17.5.